The van der Waals surface area contributed by atoms with Crippen molar-refractivity contribution in [3.05, 3.63) is 102 Å². The molecule has 0 N–H and O–H groups in total. The standard InChI is InChI=1S/C23H16BrN3O6/c1-32-22-11-17(9-18(13-25)16-5-3-7-20(10-16)27(30)31)21(24)12-23(22)33-14-15-4-2-6-19(8-15)26(28)29/h2-12H,14H2,1H3/b18-9-. The average molecular weight is 510 g/mol. The van der Waals surface area contributed by atoms with E-state index in [1.54, 1.807) is 36.4 Å². The van der Waals surface area contributed by atoms with E-state index in [9.17, 15) is 25.5 Å². The first kappa shape index (κ1) is 23.4. The third-order valence-corrected chi connectivity index (χ3v) is 5.27. The summed E-state index contributed by atoms with van der Waals surface area (Å²) < 4.78 is 11.8. The zero-order valence-electron chi connectivity index (χ0n) is 17.2. The van der Waals surface area contributed by atoms with Gasteiger partial charge < -0.3 is 9.47 Å². The average Bonchev–Trinajstić information content (AvgIpc) is 2.82. The van der Waals surface area contributed by atoms with Crippen LogP contribution in [0.1, 0.15) is 16.7 Å². The van der Waals surface area contributed by atoms with E-state index in [0.29, 0.717) is 32.7 Å². The van der Waals surface area contributed by atoms with E-state index >= 15 is 0 Å². The number of non-ortho nitro benzene ring substituents is 2. The van der Waals surface area contributed by atoms with E-state index in [4.69, 9.17) is 9.47 Å². The van der Waals surface area contributed by atoms with Crippen LogP contribution in [0.25, 0.3) is 11.6 Å². The van der Waals surface area contributed by atoms with Gasteiger partial charge in [0, 0.05) is 28.7 Å². The maximum atomic E-state index is 11.0. The topological polar surface area (TPSA) is 129 Å². The Kier molecular flexibility index (Phi) is 7.38. The Morgan fingerprint density at radius 2 is 1.70 bits per heavy atom. The van der Waals surface area contributed by atoms with Gasteiger partial charge in [-0.05, 0) is 34.9 Å². The Hall–Kier alpha value is -4.23. The number of rotatable bonds is 8. The second kappa shape index (κ2) is 10.4. The van der Waals surface area contributed by atoms with Gasteiger partial charge in [0.1, 0.15) is 6.61 Å². The summed E-state index contributed by atoms with van der Waals surface area (Å²) in [5.41, 5.74) is 1.70. The molecule has 0 saturated carbocycles. The van der Waals surface area contributed by atoms with E-state index in [0.717, 1.165) is 0 Å². The van der Waals surface area contributed by atoms with Gasteiger partial charge in [-0.2, -0.15) is 5.26 Å². The van der Waals surface area contributed by atoms with Crippen LogP contribution in [0.5, 0.6) is 11.5 Å². The molecule has 33 heavy (non-hydrogen) atoms. The summed E-state index contributed by atoms with van der Waals surface area (Å²) in [5.74, 6) is 0.771. The number of nitro benzene ring substituents is 2. The van der Waals surface area contributed by atoms with Crippen LogP contribution in [0.3, 0.4) is 0 Å². The summed E-state index contributed by atoms with van der Waals surface area (Å²) in [5, 5.41) is 31.6. The number of hydrogen-bond donors (Lipinski definition) is 0. The Balaban J connectivity index is 1.90. The molecule has 0 bridgehead atoms. The van der Waals surface area contributed by atoms with E-state index < -0.39 is 9.85 Å². The molecule has 0 amide bonds. The van der Waals surface area contributed by atoms with Crippen molar-refractivity contribution in [1.82, 2.24) is 0 Å². The van der Waals surface area contributed by atoms with Gasteiger partial charge in [-0.1, -0.05) is 40.2 Å². The second-order valence-corrected chi connectivity index (χ2v) is 7.57. The highest BCUT2D eigenvalue weighted by molar-refractivity contribution is 9.10. The van der Waals surface area contributed by atoms with Crippen LogP contribution in [0, 0.1) is 31.6 Å². The molecule has 166 valence electrons. The van der Waals surface area contributed by atoms with Gasteiger partial charge in [-0.25, -0.2) is 0 Å². The van der Waals surface area contributed by atoms with E-state index in [-0.39, 0.29) is 23.6 Å². The van der Waals surface area contributed by atoms with Crippen LogP contribution < -0.4 is 9.47 Å². The second-order valence-electron chi connectivity index (χ2n) is 6.72. The van der Waals surface area contributed by atoms with Crippen molar-refractivity contribution in [2.45, 2.75) is 6.61 Å². The molecule has 0 spiro atoms. The van der Waals surface area contributed by atoms with Crippen LogP contribution in [-0.4, -0.2) is 17.0 Å². The molecule has 3 aromatic rings. The normalized spacial score (nSPS) is 10.9. The van der Waals surface area contributed by atoms with Crippen molar-refractivity contribution in [3.63, 3.8) is 0 Å². The smallest absolute Gasteiger partial charge is 0.270 e. The fraction of sp³-hybridized carbons (Fsp3) is 0.0870. The first-order valence-corrected chi connectivity index (χ1v) is 10.2. The molecule has 0 aliphatic rings. The van der Waals surface area contributed by atoms with Crippen molar-refractivity contribution in [3.8, 4) is 17.6 Å². The minimum Gasteiger partial charge on any atom is -0.493 e. The largest absolute Gasteiger partial charge is 0.493 e. The van der Waals surface area contributed by atoms with E-state index in [2.05, 4.69) is 22.0 Å². The zero-order chi connectivity index (χ0) is 24.0. The predicted molar refractivity (Wildman–Crippen MR) is 125 cm³/mol. The SMILES string of the molecule is COc1cc(/C=C(/C#N)c2cccc([N+](=O)[O-])c2)c(Br)cc1OCc1cccc([N+](=O)[O-])c1. The number of ether oxygens (including phenoxy) is 2. The lowest BCUT2D eigenvalue weighted by Gasteiger charge is -2.13. The monoisotopic (exact) mass is 509 g/mol. The molecule has 10 heteroatoms. The molecule has 0 unspecified atom stereocenters. The van der Waals surface area contributed by atoms with Crippen molar-refractivity contribution in [1.29, 1.82) is 5.26 Å². The summed E-state index contributed by atoms with van der Waals surface area (Å²) in [6, 6.07) is 17.3. The highest BCUT2D eigenvalue weighted by atomic mass is 79.9. The Bertz CT molecular complexity index is 1300. The number of hydrogen-bond acceptors (Lipinski definition) is 7. The molecule has 0 aliphatic heterocycles. The van der Waals surface area contributed by atoms with Crippen molar-refractivity contribution in [2.24, 2.45) is 0 Å². The van der Waals surface area contributed by atoms with Crippen LogP contribution in [0.15, 0.2) is 65.1 Å². The maximum Gasteiger partial charge on any atom is 0.270 e. The van der Waals surface area contributed by atoms with Gasteiger partial charge in [0.25, 0.3) is 11.4 Å². The minimum atomic E-state index is -0.523. The first-order chi connectivity index (χ1) is 15.8. The lowest BCUT2D eigenvalue weighted by molar-refractivity contribution is -0.385. The Labute approximate surface area is 196 Å². The molecule has 0 fully saturated rings. The molecule has 9 nitrogen and oxygen atoms in total. The molecular formula is C23H16BrN3O6. The number of nitrogens with zero attached hydrogens (tertiary/aromatic N) is 3. The summed E-state index contributed by atoms with van der Waals surface area (Å²) in [6.07, 6.45) is 1.58. The number of benzene rings is 3. The summed E-state index contributed by atoms with van der Waals surface area (Å²) in [4.78, 5) is 21.0. The van der Waals surface area contributed by atoms with Crippen LogP contribution in [-0.2, 0) is 6.61 Å². The number of methoxy groups -OCH3 is 1. The van der Waals surface area contributed by atoms with E-state index in [1.807, 2.05) is 0 Å². The number of nitriles is 1. The lowest BCUT2D eigenvalue weighted by Crippen LogP contribution is -1.99. The van der Waals surface area contributed by atoms with Gasteiger partial charge in [0.2, 0.25) is 0 Å². The fourth-order valence-corrected chi connectivity index (χ4v) is 3.41. The first-order valence-electron chi connectivity index (χ1n) is 9.42. The van der Waals surface area contributed by atoms with Gasteiger partial charge in [0.05, 0.1) is 28.6 Å². The minimum absolute atomic E-state index is 0.0325. The summed E-state index contributed by atoms with van der Waals surface area (Å²) in [7, 11) is 1.46. The highest BCUT2D eigenvalue weighted by Crippen LogP contribution is 2.36. The summed E-state index contributed by atoms with van der Waals surface area (Å²) in [6.45, 7) is 0.0802. The third-order valence-electron chi connectivity index (χ3n) is 4.59. The van der Waals surface area contributed by atoms with Crippen molar-refractivity contribution < 1.29 is 19.3 Å². The third kappa shape index (κ3) is 5.72. The van der Waals surface area contributed by atoms with Crippen molar-refractivity contribution in [2.75, 3.05) is 7.11 Å². The molecule has 0 aromatic heterocycles. The molecule has 0 aliphatic carbocycles. The molecule has 0 radical (unpaired) electrons. The summed E-state index contributed by atoms with van der Waals surface area (Å²) >= 11 is 3.45. The molecular weight excluding hydrogens is 494 g/mol. The lowest BCUT2D eigenvalue weighted by atomic mass is 10.0. The highest BCUT2D eigenvalue weighted by Gasteiger charge is 2.14. The van der Waals surface area contributed by atoms with Gasteiger partial charge in [-0.15, -0.1) is 0 Å². The van der Waals surface area contributed by atoms with Crippen LogP contribution in [0.2, 0.25) is 0 Å². The maximum absolute atomic E-state index is 11.0. The predicted octanol–water partition coefficient (Wildman–Crippen LogP) is 5.92. The van der Waals surface area contributed by atoms with Gasteiger partial charge in [-0.3, -0.25) is 20.2 Å². The number of nitro groups is 2. The molecule has 0 heterocycles. The van der Waals surface area contributed by atoms with Crippen LogP contribution >= 0.6 is 15.9 Å². The molecule has 0 saturated heterocycles. The Morgan fingerprint density at radius 3 is 2.33 bits per heavy atom. The molecule has 3 rings (SSSR count). The molecule has 0 atom stereocenters. The zero-order valence-corrected chi connectivity index (χ0v) is 18.8. The Morgan fingerprint density at radius 1 is 1.03 bits per heavy atom. The number of halogens is 1. The van der Waals surface area contributed by atoms with Gasteiger partial charge >= 0.3 is 0 Å². The molecule has 3 aromatic carbocycles. The number of allylic oxidation sites excluding steroid dienone is 1. The quantitative estimate of drug-likeness (QED) is 0.159. The fourth-order valence-electron chi connectivity index (χ4n) is 2.98. The van der Waals surface area contributed by atoms with Gasteiger partial charge in [0.15, 0.2) is 11.5 Å². The van der Waals surface area contributed by atoms with E-state index in [1.165, 1.54) is 37.4 Å². The van der Waals surface area contributed by atoms with Crippen LogP contribution in [0.4, 0.5) is 11.4 Å². The van der Waals surface area contributed by atoms with Crippen molar-refractivity contribution >= 4 is 39.0 Å².